The lowest BCUT2D eigenvalue weighted by atomic mass is 11.2. The second-order valence-electron chi connectivity index (χ2n) is 4.08. The second kappa shape index (κ2) is 3.24. The van der Waals surface area contributed by atoms with Crippen molar-refractivity contribution in [1.29, 1.82) is 0 Å². The van der Waals surface area contributed by atoms with Gasteiger partial charge in [-0.25, -0.2) is 12.7 Å². The first-order valence-corrected chi connectivity index (χ1v) is 9.10. The highest BCUT2D eigenvalue weighted by molar-refractivity contribution is 7.88. The summed E-state index contributed by atoms with van der Waals surface area (Å²) >= 11 is 0. The highest BCUT2D eigenvalue weighted by atomic mass is 32.2. The van der Waals surface area contributed by atoms with E-state index in [1.807, 2.05) is 0 Å². The van der Waals surface area contributed by atoms with Crippen LogP contribution in [0.2, 0.25) is 19.6 Å². The van der Waals surface area contributed by atoms with E-state index >= 15 is 0 Å². The highest BCUT2D eigenvalue weighted by Gasteiger charge is 2.20. The van der Waals surface area contributed by atoms with E-state index in [1.165, 1.54) is 10.6 Å². The largest absolute Gasteiger partial charge is 0.213 e. The molecule has 0 fully saturated rings. The van der Waals surface area contributed by atoms with Gasteiger partial charge < -0.3 is 0 Å². The fourth-order valence-electron chi connectivity index (χ4n) is 0.785. The molecule has 0 atom stereocenters. The van der Waals surface area contributed by atoms with E-state index < -0.39 is 18.1 Å². The second-order valence-corrected chi connectivity index (χ2v) is 11.6. The monoisotopic (exact) mass is 195 g/mol. The molecule has 0 aliphatic rings. The fraction of sp³-hybridized carbons (Fsp3) is 1.00. The van der Waals surface area contributed by atoms with Crippen LogP contribution < -0.4 is 0 Å². The minimum absolute atomic E-state index is 0.700. The van der Waals surface area contributed by atoms with E-state index in [2.05, 4.69) is 19.6 Å². The first-order valence-electron chi connectivity index (χ1n) is 3.54. The van der Waals surface area contributed by atoms with Crippen LogP contribution in [-0.2, 0) is 10.0 Å². The molecule has 0 aliphatic heterocycles. The van der Waals surface area contributed by atoms with Crippen LogP contribution in [0, 0.1) is 0 Å². The Hall–Kier alpha value is 0.127. The van der Waals surface area contributed by atoms with Crippen LogP contribution >= 0.6 is 0 Å². The van der Waals surface area contributed by atoms with Crippen molar-refractivity contribution < 1.29 is 8.42 Å². The van der Waals surface area contributed by atoms with Gasteiger partial charge in [0.25, 0.3) is 0 Å². The molecule has 11 heavy (non-hydrogen) atoms. The number of rotatable bonds is 3. The Balaban J connectivity index is 4.22. The van der Waals surface area contributed by atoms with Crippen molar-refractivity contribution in [2.75, 3.05) is 19.5 Å². The normalized spacial score (nSPS) is 14.0. The molecule has 0 N–H and O–H groups in total. The molecule has 0 aliphatic carbocycles. The summed E-state index contributed by atoms with van der Waals surface area (Å²) in [4.78, 5) is 0. The van der Waals surface area contributed by atoms with E-state index in [9.17, 15) is 8.42 Å². The van der Waals surface area contributed by atoms with Crippen molar-refractivity contribution >= 4 is 18.1 Å². The van der Waals surface area contributed by atoms with Gasteiger partial charge in [0.15, 0.2) is 0 Å². The lowest BCUT2D eigenvalue weighted by Gasteiger charge is -2.22. The molecule has 0 unspecified atom stereocenters. The molecular formula is C6H17NO2SSi. The fourth-order valence-corrected chi connectivity index (χ4v) is 4.22. The van der Waals surface area contributed by atoms with Gasteiger partial charge in [-0.05, 0) is 0 Å². The summed E-state index contributed by atoms with van der Waals surface area (Å²) < 4.78 is 23.3. The molecule has 68 valence electrons. The molecule has 0 radical (unpaired) electrons. The standard InChI is InChI=1S/C6H17NO2SSi/c1-7(10(2,8)9)6-11(3,4)5/h6H2,1-5H3. The summed E-state index contributed by atoms with van der Waals surface area (Å²) in [6.45, 7) is 6.44. The molecule has 0 saturated heterocycles. The first kappa shape index (κ1) is 11.1. The van der Waals surface area contributed by atoms with Crippen molar-refractivity contribution in [2.24, 2.45) is 0 Å². The zero-order valence-electron chi connectivity index (χ0n) is 7.88. The Morgan fingerprint density at radius 1 is 1.27 bits per heavy atom. The zero-order chi connectivity index (χ0) is 9.28. The quantitative estimate of drug-likeness (QED) is 0.623. The van der Waals surface area contributed by atoms with Gasteiger partial charge in [-0.2, -0.15) is 0 Å². The lowest BCUT2D eigenvalue weighted by molar-refractivity contribution is 0.512. The van der Waals surface area contributed by atoms with E-state index in [4.69, 9.17) is 0 Å². The molecule has 0 amide bonds. The van der Waals surface area contributed by atoms with Crippen LogP contribution in [0.15, 0.2) is 0 Å². The maximum absolute atomic E-state index is 11.0. The van der Waals surface area contributed by atoms with Gasteiger partial charge in [-0.3, -0.25) is 0 Å². The summed E-state index contributed by atoms with van der Waals surface area (Å²) in [5.41, 5.74) is 0. The third kappa shape index (κ3) is 5.40. The minimum Gasteiger partial charge on any atom is -0.213 e. The topological polar surface area (TPSA) is 37.4 Å². The third-order valence-corrected chi connectivity index (χ3v) is 4.18. The van der Waals surface area contributed by atoms with Crippen LogP contribution in [0.25, 0.3) is 0 Å². The highest BCUT2D eigenvalue weighted by Crippen LogP contribution is 2.04. The Morgan fingerprint density at radius 3 is 1.73 bits per heavy atom. The summed E-state index contributed by atoms with van der Waals surface area (Å²) in [7, 11) is -2.62. The predicted molar refractivity (Wildman–Crippen MR) is 50.8 cm³/mol. The molecule has 5 heteroatoms. The van der Waals surface area contributed by atoms with Crippen LogP contribution in [-0.4, -0.2) is 40.3 Å². The van der Waals surface area contributed by atoms with Crippen molar-refractivity contribution in [3.8, 4) is 0 Å². The van der Waals surface area contributed by atoms with Crippen molar-refractivity contribution in [1.82, 2.24) is 4.31 Å². The van der Waals surface area contributed by atoms with Crippen molar-refractivity contribution in [3.63, 3.8) is 0 Å². The van der Waals surface area contributed by atoms with E-state index in [1.54, 1.807) is 7.05 Å². The van der Waals surface area contributed by atoms with Crippen LogP contribution in [0.4, 0.5) is 0 Å². The van der Waals surface area contributed by atoms with Crippen LogP contribution in [0.1, 0.15) is 0 Å². The first-order chi connectivity index (χ1) is 4.63. The number of hydrogen-bond acceptors (Lipinski definition) is 2. The van der Waals surface area contributed by atoms with Crippen molar-refractivity contribution in [3.05, 3.63) is 0 Å². The zero-order valence-corrected chi connectivity index (χ0v) is 9.70. The average Bonchev–Trinajstić information content (AvgIpc) is 1.56. The Morgan fingerprint density at radius 2 is 1.64 bits per heavy atom. The third-order valence-electron chi connectivity index (χ3n) is 1.26. The predicted octanol–water partition coefficient (Wildman–Crippen LogP) is 0.755. The Labute approximate surface area is 70.5 Å². The van der Waals surface area contributed by atoms with Gasteiger partial charge >= 0.3 is 0 Å². The van der Waals surface area contributed by atoms with E-state index in [0.29, 0.717) is 6.17 Å². The molecule has 0 saturated carbocycles. The molecule has 0 aromatic carbocycles. The van der Waals surface area contributed by atoms with Gasteiger partial charge in [-0.1, -0.05) is 19.6 Å². The van der Waals surface area contributed by atoms with Gasteiger partial charge in [-0.15, -0.1) is 0 Å². The van der Waals surface area contributed by atoms with E-state index in [0.717, 1.165) is 0 Å². The summed E-state index contributed by atoms with van der Waals surface area (Å²) in [5, 5.41) is 0. The Bertz CT molecular complexity index is 217. The summed E-state index contributed by atoms with van der Waals surface area (Å²) in [6, 6.07) is 0. The smallest absolute Gasteiger partial charge is 0.210 e. The van der Waals surface area contributed by atoms with Gasteiger partial charge in [0, 0.05) is 13.2 Å². The number of sulfonamides is 1. The molecule has 0 bridgehead atoms. The maximum atomic E-state index is 11.0. The number of nitrogens with zero attached hydrogens (tertiary/aromatic N) is 1. The maximum Gasteiger partial charge on any atom is 0.210 e. The molecular weight excluding hydrogens is 178 g/mol. The molecule has 0 spiro atoms. The van der Waals surface area contributed by atoms with Crippen LogP contribution in [0.3, 0.4) is 0 Å². The van der Waals surface area contributed by atoms with Gasteiger partial charge in [0.2, 0.25) is 10.0 Å². The molecule has 0 rings (SSSR count). The minimum atomic E-state index is -2.97. The average molecular weight is 195 g/mol. The van der Waals surface area contributed by atoms with Gasteiger partial charge in [0.1, 0.15) is 0 Å². The Kier molecular flexibility index (Phi) is 3.28. The van der Waals surface area contributed by atoms with Crippen molar-refractivity contribution in [2.45, 2.75) is 19.6 Å². The number of hydrogen-bond donors (Lipinski definition) is 0. The molecule has 0 aromatic rings. The SMILES string of the molecule is CN(C[Si](C)(C)C)S(C)(=O)=O. The summed E-state index contributed by atoms with van der Waals surface area (Å²) in [5.74, 6) is 0. The lowest BCUT2D eigenvalue weighted by Crippen LogP contribution is -2.40. The van der Waals surface area contributed by atoms with Crippen LogP contribution in [0.5, 0.6) is 0 Å². The molecule has 0 heterocycles. The molecule has 0 aromatic heterocycles. The molecule has 3 nitrogen and oxygen atoms in total. The summed E-state index contributed by atoms with van der Waals surface area (Å²) in [6.07, 6.45) is 1.94. The van der Waals surface area contributed by atoms with Gasteiger partial charge in [0.05, 0.1) is 14.3 Å². The van der Waals surface area contributed by atoms with E-state index in [-0.39, 0.29) is 0 Å².